The molecule has 3 aliphatic heterocycles. The molecular formula is C20H23N10O9P2S+. The first-order chi connectivity index (χ1) is 20.2. The second-order valence-electron chi connectivity index (χ2n) is 9.58. The van der Waals surface area contributed by atoms with Crippen molar-refractivity contribution in [3.8, 4) is 0 Å². The van der Waals surface area contributed by atoms with Gasteiger partial charge in [0.05, 0.1) is 19.3 Å². The fraction of sp³-hybridized carbons (Fsp3) is 0.500. The van der Waals surface area contributed by atoms with Gasteiger partial charge in [-0.15, -0.1) is 9.05 Å². The van der Waals surface area contributed by atoms with Crippen molar-refractivity contribution in [2.45, 2.75) is 49.4 Å². The zero-order valence-electron chi connectivity index (χ0n) is 21.3. The van der Waals surface area contributed by atoms with Crippen LogP contribution in [0.2, 0.25) is 0 Å². The summed E-state index contributed by atoms with van der Waals surface area (Å²) in [4.78, 5) is 35.7. The Morgan fingerprint density at radius 1 is 0.929 bits per heavy atom. The smallest absolute Gasteiger partial charge is 0.387 e. The molecule has 2 bridgehead atoms. The lowest BCUT2D eigenvalue weighted by molar-refractivity contribution is -0.0578. The van der Waals surface area contributed by atoms with E-state index in [2.05, 4.69) is 29.9 Å². The molecule has 0 saturated carbocycles. The molecule has 3 aliphatic rings. The standard InChI is InChI=1S/C20H22N10O9P2S/c21-16-12-18(25-4-23-16)29(6-27-12)11-1-8-9(36-11)2-34-40(32)38-15-14(31)10(3-35-41(33,42)39-8)37-20(15)30-7-28-13-17(22)24-5-26-19(13)30/h4-11,14-15,20,31H,1-3H2,(H4-,21,22,23,24,25,26,33,42)/p+1/t8-,9?,10+,11+,14?,15?,20+,41?/m0/s1. The number of aliphatic hydroxyl groups is 1. The van der Waals surface area contributed by atoms with Crippen LogP contribution in [0.15, 0.2) is 25.3 Å². The van der Waals surface area contributed by atoms with Crippen LogP contribution in [-0.4, -0.2) is 92.8 Å². The zero-order chi connectivity index (χ0) is 29.2. The Kier molecular flexibility index (Phi) is 7.11. The Bertz CT molecular complexity index is 1730. The molecule has 9 atom stereocenters. The molecule has 3 saturated heterocycles. The Morgan fingerprint density at radius 3 is 2.31 bits per heavy atom. The van der Waals surface area contributed by atoms with Crippen molar-refractivity contribution in [3.63, 3.8) is 0 Å². The van der Waals surface area contributed by atoms with E-state index in [0.717, 1.165) is 0 Å². The highest BCUT2D eigenvalue weighted by atomic mass is 32.5. The van der Waals surface area contributed by atoms with E-state index in [9.17, 15) is 14.6 Å². The number of aliphatic hydroxyl groups excluding tert-OH is 1. The first-order valence-corrected chi connectivity index (χ1v) is 16.1. The molecule has 7 heterocycles. The predicted molar refractivity (Wildman–Crippen MR) is 144 cm³/mol. The van der Waals surface area contributed by atoms with E-state index in [-0.39, 0.29) is 36.9 Å². The topological polar surface area (TPSA) is 252 Å². The molecule has 42 heavy (non-hydrogen) atoms. The highest BCUT2D eigenvalue weighted by Crippen LogP contribution is 2.51. The van der Waals surface area contributed by atoms with E-state index in [4.69, 9.17) is 50.8 Å². The third-order valence-electron chi connectivity index (χ3n) is 7.07. The molecule has 4 aromatic rings. The maximum absolute atomic E-state index is 13.0. The van der Waals surface area contributed by atoms with E-state index in [1.165, 1.54) is 29.9 Å². The number of hydrogen-bond acceptors (Lipinski definition) is 17. The molecule has 6 N–H and O–H groups in total. The van der Waals surface area contributed by atoms with E-state index in [1.54, 1.807) is 4.57 Å². The Balaban J connectivity index is 1.16. The first kappa shape index (κ1) is 27.9. The van der Waals surface area contributed by atoms with E-state index in [0.29, 0.717) is 16.7 Å². The van der Waals surface area contributed by atoms with Crippen LogP contribution < -0.4 is 11.5 Å². The molecule has 19 nitrogen and oxygen atoms in total. The van der Waals surface area contributed by atoms with Gasteiger partial charge in [-0.1, -0.05) is 0 Å². The SMILES string of the molecule is Nc1ncnc2c1ncn2[C@@H]1O[C@@H]2COP(O)(=S)O[C@H]3C[C@H](n4cnc5c(N)ncnc54)OC3CO[P+](=O)OC1C2O. The summed E-state index contributed by atoms with van der Waals surface area (Å²) in [6.45, 7) is -4.58. The van der Waals surface area contributed by atoms with Crippen LogP contribution in [0.4, 0.5) is 11.6 Å². The Hall–Kier alpha value is -2.87. The number of fused-ring (bicyclic) bond motifs is 5. The van der Waals surface area contributed by atoms with Gasteiger partial charge in [0.2, 0.25) is 0 Å². The van der Waals surface area contributed by atoms with Crippen LogP contribution in [0.5, 0.6) is 0 Å². The molecule has 7 rings (SSSR count). The van der Waals surface area contributed by atoms with Gasteiger partial charge in [-0.3, -0.25) is 9.13 Å². The summed E-state index contributed by atoms with van der Waals surface area (Å²) in [6, 6.07) is 0. The van der Waals surface area contributed by atoms with Gasteiger partial charge in [-0.25, -0.2) is 29.9 Å². The highest BCUT2D eigenvalue weighted by Gasteiger charge is 2.53. The predicted octanol–water partition coefficient (Wildman–Crippen LogP) is 0.0678. The van der Waals surface area contributed by atoms with Gasteiger partial charge < -0.3 is 40.0 Å². The van der Waals surface area contributed by atoms with Crippen LogP contribution in [-0.2, 0) is 43.9 Å². The summed E-state index contributed by atoms with van der Waals surface area (Å²) in [5.74, 6) is 0.331. The van der Waals surface area contributed by atoms with E-state index < -0.39 is 57.9 Å². The quantitative estimate of drug-likeness (QED) is 0.211. The third kappa shape index (κ3) is 4.93. The number of nitrogen functional groups attached to an aromatic ring is 2. The molecule has 0 radical (unpaired) electrons. The zero-order valence-corrected chi connectivity index (χ0v) is 23.9. The van der Waals surface area contributed by atoms with Crippen LogP contribution in [0.1, 0.15) is 18.9 Å². The average molecular weight is 641 g/mol. The number of nitrogens with zero attached hydrogens (tertiary/aromatic N) is 8. The summed E-state index contributed by atoms with van der Waals surface area (Å²) in [5, 5.41) is 11.1. The van der Waals surface area contributed by atoms with Crippen molar-refractivity contribution >= 4 is 60.7 Å². The molecule has 3 fully saturated rings. The minimum Gasteiger partial charge on any atom is -0.387 e. The molecule has 5 unspecified atom stereocenters. The van der Waals surface area contributed by atoms with Crippen molar-refractivity contribution < 1.29 is 42.1 Å². The largest absolute Gasteiger partial charge is 0.698 e. The molecule has 0 aromatic carbocycles. The minimum atomic E-state index is -3.91. The maximum atomic E-state index is 13.0. The fourth-order valence-corrected chi connectivity index (χ4v) is 7.33. The van der Waals surface area contributed by atoms with Gasteiger partial charge in [0.1, 0.15) is 60.9 Å². The average Bonchev–Trinajstić information content (AvgIpc) is 3.72. The van der Waals surface area contributed by atoms with Crippen LogP contribution >= 0.6 is 15.0 Å². The fourth-order valence-electron chi connectivity index (χ4n) is 5.10. The van der Waals surface area contributed by atoms with Gasteiger partial charge in [-0.2, -0.15) is 0 Å². The van der Waals surface area contributed by atoms with Crippen molar-refractivity contribution in [3.05, 3.63) is 25.3 Å². The Labute approximate surface area is 241 Å². The van der Waals surface area contributed by atoms with Crippen molar-refractivity contribution in [2.24, 2.45) is 0 Å². The molecule has 222 valence electrons. The van der Waals surface area contributed by atoms with Crippen LogP contribution in [0, 0.1) is 0 Å². The van der Waals surface area contributed by atoms with E-state index >= 15 is 0 Å². The Morgan fingerprint density at radius 2 is 1.60 bits per heavy atom. The number of nitrogens with two attached hydrogens (primary N) is 2. The lowest BCUT2D eigenvalue weighted by Gasteiger charge is -2.24. The number of ether oxygens (including phenoxy) is 2. The highest BCUT2D eigenvalue weighted by molar-refractivity contribution is 8.07. The number of aromatic nitrogens is 8. The summed E-state index contributed by atoms with van der Waals surface area (Å²) < 4.78 is 50.8. The summed E-state index contributed by atoms with van der Waals surface area (Å²) in [6.07, 6.45) is -1.58. The van der Waals surface area contributed by atoms with Crippen molar-refractivity contribution in [1.82, 2.24) is 39.0 Å². The summed E-state index contributed by atoms with van der Waals surface area (Å²) in [7, 11) is -2.82. The number of rotatable bonds is 2. The van der Waals surface area contributed by atoms with Crippen molar-refractivity contribution in [2.75, 3.05) is 24.7 Å². The van der Waals surface area contributed by atoms with Gasteiger partial charge in [-0.05, 0) is 11.8 Å². The molecule has 4 aromatic heterocycles. The monoisotopic (exact) mass is 641 g/mol. The number of anilines is 2. The summed E-state index contributed by atoms with van der Waals surface area (Å²) in [5.41, 5.74) is 13.2. The van der Waals surface area contributed by atoms with Crippen LogP contribution in [0.25, 0.3) is 22.3 Å². The molecule has 0 amide bonds. The maximum Gasteiger partial charge on any atom is 0.698 e. The minimum absolute atomic E-state index is 0.133. The molecule has 0 aliphatic carbocycles. The van der Waals surface area contributed by atoms with Gasteiger partial charge in [0.25, 0.3) is 0 Å². The number of imidazole rings is 2. The van der Waals surface area contributed by atoms with Gasteiger partial charge in [0, 0.05) is 11.0 Å². The molecular weight excluding hydrogens is 618 g/mol. The van der Waals surface area contributed by atoms with Gasteiger partial charge in [0.15, 0.2) is 35.3 Å². The second-order valence-corrected chi connectivity index (χ2v) is 13.3. The summed E-state index contributed by atoms with van der Waals surface area (Å²) >= 11 is 5.28. The third-order valence-corrected chi connectivity index (χ3v) is 9.44. The number of hydrogen-bond donors (Lipinski definition) is 4. The van der Waals surface area contributed by atoms with Gasteiger partial charge >= 0.3 is 15.0 Å². The first-order valence-electron chi connectivity index (χ1n) is 12.5. The molecule has 0 spiro atoms. The van der Waals surface area contributed by atoms with E-state index in [1.807, 2.05) is 0 Å². The van der Waals surface area contributed by atoms with Crippen molar-refractivity contribution in [1.29, 1.82) is 0 Å². The lowest BCUT2D eigenvalue weighted by Crippen LogP contribution is -2.34. The van der Waals surface area contributed by atoms with Crippen LogP contribution in [0.3, 0.4) is 0 Å². The molecule has 22 heteroatoms. The normalized spacial score (nSPS) is 35.1. The lowest BCUT2D eigenvalue weighted by atomic mass is 10.1. The second kappa shape index (κ2) is 10.7.